The molecule has 2 rings (SSSR count). The van der Waals surface area contributed by atoms with E-state index in [4.69, 9.17) is 33.8 Å². The van der Waals surface area contributed by atoms with Crippen LogP contribution in [0.2, 0.25) is 0 Å². The van der Waals surface area contributed by atoms with Crippen molar-refractivity contribution in [3.8, 4) is 5.75 Å². The number of aryl methyl sites for hydroxylation is 3. The van der Waals surface area contributed by atoms with Crippen LogP contribution < -0.4 is 44.6 Å². The number of hydrogen-bond acceptors (Lipinski definition) is 8. The number of carboxylic acid groups (broad SMARTS) is 1. The summed E-state index contributed by atoms with van der Waals surface area (Å²) in [7, 11) is 0. The normalized spacial score (nSPS) is 10.7. The molecule has 274 valence electrons. The lowest BCUT2D eigenvalue weighted by molar-refractivity contribution is -0.138. The predicted molar refractivity (Wildman–Crippen MR) is 194 cm³/mol. The van der Waals surface area contributed by atoms with Crippen LogP contribution in [0, 0.1) is 20.8 Å². The number of phenolic OH excluding ortho intramolecular Hbond substituents is 1. The lowest BCUT2D eigenvalue weighted by Crippen LogP contribution is -2.53. The number of phenols is 1. The van der Waals surface area contributed by atoms with E-state index < -0.39 is 36.4 Å². The van der Waals surface area contributed by atoms with E-state index in [-0.39, 0.29) is 37.1 Å². The van der Waals surface area contributed by atoms with E-state index in [1.54, 1.807) is 26.0 Å². The van der Waals surface area contributed by atoms with Crippen LogP contribution in [0.4, 0.5) is 0 Å². The second-order valence-corrected chi connectivity index (χ2v) is 10.6. The van der Waals surface area contributed by atoms with Crippen molar-refractivity contribution in [1.82, 2.24) is 16.0 Å². The van der Waals surface area contributed by atoms with Crippen LogP contribution in [0.3, 0.4) is 0 Å². The number of carbonyl (C=O) groups excluding carboxylic acids is 3. The van der Waals surface area contributed by atoms with E-state index in [0.29, 0.717) is 12.8 Å². The summed E-state index contributed by atoms with van der Waals surface area (Å²) >= 11 is 0. The van der Waals surface area contributed by atoms with E-state index in [1.165, 1.54) is 5.56 Å². The van der Waals surface area contributed by atoms with Gasteiger partial charge in [-0.1, -0.05) is 49.7 Å². The summed E-state index contributed by atoms with van der Waals surface area (Å²) in [5.41, 5.74) is 29.0. The molecule has 0 saturated heterocycles. The van der Waals surface area contributed by atoms with E-state index >= 15 is 0 Å². The number of aliphatic imine (C=N–C) groups is 2. The third-order valence-electron chi connectivity index (χ3n) is 6.13. The molecule has 49 heavy (non-hydrogen) atoms. The summed E-state index contributed by atoms with van der Waals surface area (Å²) in [5.74, 6) is -2.39. The summed E-state index contributed by atoms with van der Waals surface area (Å²) in [6, 6.07) is 11.3. The molecule has 0 spiro atoms. The number of rotatable bonds is 15. The fourth-order valence-electron chi connectivity index (χ4n) is 3.91. The molecule has 16 nitrogen and oxygen atoms in total. The molecule has 1 unspecified atom stereocenters. The van der Waals surface area contributed by atoms with Crippen molar-refractivity contribution in [2.75, 3.05) is 26.2 Å². The Bertz CT molecular complexity index is 1290. The van der Waals surface area contributed by atoms with Gasteiger partial charge in [-0.25, -0.2) is 0 Å². The van der Waals surface area contributed by atoms with Gasteiger partial charge in [0.15, 0.2) is 11.9 Å². The zero-order valence-corrected chi connectivity index (χ0v) is 29.2. The highest BCUT2D eigenvalue weighted by Gasteiger charge is 2.26. The van der Waals surface area contributed by atoms with Crippen molar-refractivity contribution in [2.45, 2.75) is 72.4 Å². The second-order valence-electron chi connectivity index (χ2n) is 10.6. The van der Waals surface area contributed by atoms with E-state index in [1.807, 2.05) is 32.0 Å². The molecule has 15 N–H and O–H groups in total. The topological polar surface area (TPSA) is 300 Å². The quantitative estimate of drug-likeness (QED) is 0.0515. The molecule has 2 atom stereocenters. The van der Waals surface area contributed by atoms with Gasteiger partial charge in [0.2, 0.25) is 18.2 Å². The number of nitrogens with one attached hydrogen (secondary N) is 3. The first kappa shape index (κ1) is 45.7. The Hall–Kier alpha value is -5.38. The van der Waals surface area contributed by atoms with E-state index in [0.717, 1.165) is 36.2 Å². The molecule has 0 aliphatic rings. The van der Waals surface area contributed by atoms with Gasteiger partial charge in [0.1, 0.15) is 24.4 Å². The number of guanidine groups is 2. The van der Waals surface area contributed by atoms with Crippen LogP contribution in [0.1, 0.15) is 55.4 Å². The fraction of sp³-hybridized carbons (Fsp3) is 0.455. The van der Waals surface area contributed by atoms with Gasteiger partial charge in [-0.3, -0.25) is 29.2 Å². The number of aliphatic carboxylic acids is 1. The largest absolute Gasteiger partial charge is 0.508 e. The lowest BCUT2D eigenvalue weighted by atomic mass is 9.95. The van der Waals surface area contributed by atoms with Crippen LogP contribution in [-0.2, 0) is 25.6 Å². The standard InChI is InChI=1S/C20H30N6O6.C7H8.C4H11N3.C2H7N/c1-11-6-13(28)7-12(2)14(11)8-16(25-10-27)19(32)26-15(4-3-5-23-20(21)22)18(31)24-9-17(29)30;1-7-5-3-2-4-6-7;1-2-3-7-4(5)6;1-2-3/h6-7,10,15-16,28H,3-5,8-9H2,1-2H3,(H,24,31)(H,25,27)(H,26,32)(H,29,30)(H4,21,22,23);2-6H,1H3;2-3H2,1H3,(H4,5,6,7);2-3H2,1H3/t15?,16-;;;/m0.../s1. The molecule has 0 heterocycles. The maximum absolute atomic E-state index is 12.9. The maximum atomic E-state index is 12.9. The molecule has 3 amide bonds. The number of hydrogen-bond donors (Lipinski definition) is 10. The Morgan fingerprint density at radius 1 is 0.878 bits per heavy atom. The molecule has 0 aliphatic carbocycles. The molecule has 2 aromatic carbocycles. The highest BCUT2D eigenvalue weighted by atomic mass is 16.4. The Morgan fingerprint density at radius 2 is 1.41 bits per heavy atom. The van der Waals surface area contributed by atoms with Gasteiger partial charge < -0.3 is 54.8 Å². The molecule has 0 fully saturated rings. The summed E-state index contributed by atoms with van der Waals surface area (Å²) < 4.78 is 0. The minimum absolute atomic E-state index is 0.0871. The molecule has 0 aliphatic heterocycles. The molecule has 2 aromatic rings. The van der Waals surface area contributed by atoms with Crippen molar-refractivity contribution >= 4 is 36.1 Å². The van der Waals surface area contributed by atoms with Gasteiger partial charge in [-0.15, -0.1) is 0 Å². The SMILES string of the molecule is CCCN=C(N)N.CCN.Cc1cc(O)cc(C)c1C[C@H](NC=O)C(=O)NC(CCCN=C(N)N)C(=O)NCC(=O)O.Cc1ccccc1. The summed E-state index contributed by atoms with van der Waals surface area (Å²) in [5, 5.41) is 25.7. The van der Waals surface area contributed by atoms with Crippen molar-refractivity contribution in [1.29, 1.82) is 0 Å². The van der Waals surface area contributed by atoms with E-state index in [9.17, 15) is 24.3 Å². The number of amides is 3. The number of benzene rings is 2. The molecular formula is C33H56N10O6. The first-order valence-corrected chi connectivity index (χ1v) is 15.7. The van der Waals surface area contributed by atoms with Gasteiger partial charge in [0.25, 0.3) is 0 Å². The maximum Gasteiger partial charge on any atom is 0.322 e. The van der Waals surface area contributed by atoms with Gasteiger partial charge in [0, 0.05) is 19.5 Å². The fourth-order valence-corrected chi connectivity index (χ4v) is 3.91. The minimum Gasteiger partial charge on any atom is -0.508 e. The van der Waals surface area contributed by atoms with Gasteiger partial charge in [0.05, 0.1) is 0 Å². The monoisotopic (exact) mass is 688 g/mol. The average molecular weight is 689 g/mol. The zero-order valence-electron chi connectivity index (χ0n) is 29.2. The van der Waals surface area contributed by atoms with Crippen molar-refractivity contribution < 1.29 is 29.4 Å². The van der Waals surface area contributed by atoms with E-state index in [2.05, 4.69) is 45.0 Å². The molecule has 0 bridgehead atoms. The molecule has 16 heteroatoms. The number of carboxylic acids is 1. The van der Waals surface area contributed by atoms with Crippen LogP contribution in [0.15, 0.2) is 52.4 Å². The van der Waals surface area contributed by atoms with Gasteiger partial charge >= 0.3 is 5.97 Å². The molecule has 0 radical (unpaired) electrons. The Kier molecular flexibility index (Phi) is 25.9. The Morgan fingerprint density at radius 3 is 1.82 bits per heavy atom. The minimum atomic E-state index is -1.23. The smallest absolute Gasteiger partial charge is 0.322 e. The van der Waals surface area contributed by atoms with Crippen LogP contribution in [-0.4, -0.2) is 84.6 Å². The summed E-state index contributed by atoms with van der Waals surface area (Å²) in [4.78, 5) is 54.7. The average Bonchev–Trinajstić information content (AvgIpc) is 3.02. The van der Waals surface area contributed by atoms with Crippen LogP contribution in [0.5, 0.6) is 5.75 Å². The number of carbonyl (C=O) groups is 4. The highest BCUT2D eigenvalue weighted by Crippen LogP contribution is 2.22. The number of nitrogens with two attached hydrogens (primary N) is 5. The Balaban J connectivity index is 0. The van der Waals surface area contributed by atoms with Crippen molar-refractivity contribution in [2.24, 2.45) is 38.7 Å². The summed E-state index contributed by atoms with van der Waals surface area (Å²) in [6.07, 6.45) is 1.98. The van der Waals surface area contributed by atoms with Crippen LogP contribution >= 0.6 is 0 Å². The van der Waals surface area contributed by atoms with Crippen molar-refractivity contribution in [3.05, 3.63) is 64.7 Å². The summed E-state index contributed by atoms with van der Waals surface area (Å²) in [6.45, 7) is 10.6. The number of aromatic hydroxyl groups is 1. The molecule has 0 aromatic heterocycles. The first-order chi connectivity index (χ1) is 23.1. The van der Waals surface area contributed by atoms with Crippen molar-refractivity contribution in [3.63, 3.8) is 0 Å². The first-order valence-electron chi connectivity index (χ1n) is 15.7. The highest BCUT2D eigenvalue weighted by molar-refractivity contribution is 5.91. The predicted octanol–water partition coefficient (Wildman–Crippen LogP) is 0.0352. The third kappa shape index (κ3) is 24.5. The zero-order chi connectivity index (χ0) is 37.8. The third-order valence-corrected chi connectivity index (χ3v) is 6.13. The van der Waals surface area contributed by atoms with Gasteiger partial charge in [-0.05, 0) is 75.4 Å². The molecule has 0 saturated carbocycles. The molecular weight excluding hydrogens is 632 g/mol. The second kappa shape index (κ2) is 27.7. The van der Waals surface area contributed by atoms with Gasteiger partial charge in [-0.2, -0.15) is 0 Å². The lowest BCUT2D eigenvalue weighted by Gasteiger charge is -2.23. The Labute approximate surface area is 289 Å². The van der Waals surface area contributed by atoms with Crippen LogP contribution in [0.25, 0.3) is 0 Å². The number of nitrogens with zero attached hydrogens (tertiary/aromatic N) is 2.